The summed E-state index contributed by atoms with van der Waals surface area (Å²) in [6, 6.07) is 0. The van der Waals surface area contributed by atoms with Gasteiger partial charge in [0.1, 0.15) is 13.2 Å². The van der Waals surface area contributed by atoms with Crippen molar-refractivity contribution in [1.29, 1.82) is 0 Å². The van der Waals surface area contributed by atoms with Gasteiger partial charge in [-0.15, -0.1) is 0 Å². The zero-order valence-corrected chi connectivity index (χ0v) is 18.4. The van der Waals surface area contributed by atoms with Crippen LogP contribution in [0.3, 0.4) is 0 Å². The van der Waals surface area contributed by atoms with Gasteiger partial charge in [0.05, 0.1) is 19.8 Å². The lowest BCUT2D eigenvalue weighted by atomic mass is 10.3. The summed E-state index contributed by atoms with van der Waals surface area (Å²) < 4.78 is 18.9. The van der Waals surface area contributed by atoms with E-state index in [-0.39, 0.29) is 19.2 Å². The molecule has 0 amide bonds. The third-order valence-corrected chi connectivity index (χ3v) is 2.94. The number of esters is 3. The number of rotatable bonds is 15. The molecule has 0 saturated heterocycles. The Morgan fingerprint density at radius 1 is 0.667 bits per heavy atom. The normalized spacial score (nSPS) is 8.90. The molecule has 0 aliphatic heterocycles. The predicted molar refractivity (Wildman–Crippen MR) is 116 cm³/mol. The molecule has 0 aliphatic rings. The minimum Gasteiger partial charge on any atom is -0.463 e. The van der Waals surface area contributed by atoms with Gasteiger partial charge in [-0.25, -0.2) is 14.4 Å². The van der Waals surface area contributed by atoms with Crippen molar-refractivity contribution in [2.45, 2.75) is 46.0 Å². The fourth-order valence-corrected chi connectivity index (χ4v) is 1.40. The Kier molecular flexibility index (Phi) is 30.9. The first-order valence-corrected chi connectivity index (χ1v) is 9.99. The second-order valence-electron chi connectivity index (χ2n) is 5.51. The summed E-state index contributed by atoms with van der Waals surface area (Å²) in [4.78, 5) is 31.1. The van der Waals surface area contributed by atoms with E-state index in [0.717, 1.165) is 50.9 Å². The van der Waals surface area contributed by atoms with Crippen molar-refractivity contribution in [3.05, 3.63) is 38.0 Å². The molecule has 0 spiro atoms. The van der Waals surface area contributed by atoms with E-state index < -0.39 is 11.9 Å². The van der Waals surface area contributed by atoms with Crippen LogP contribution < -0.4 is 0 Å². The molecule has 0 rings (SSSR count). The zero-order chi connectivity index (χ0) is 23.5. The summed E-state index contributed by atoms with van der Waals surface area (Å²) in [5, 5.41) is 8.10. The van der Waals surface area contributed by atoms with E-state index in [2.05, 4.69) is 43.1 Å². The molecule has 0 aromatic rings. The molecular formula is C22H38O8. The van der Waals surface area contributed by atoms with E-state index in [4.69, 9.17) is 14.6 Å². The lowest BCUT2D eigenvalue weighted by Gasteiger charge is -2.02. The Hall–Kier alpha value is -2.45. The average Bonchev–Trinajstić information content (AvgIpc) is 2.77. The molecule has 1 N–H and O–H groups in total. The van der Waals surface area contributed by atoms with Gasteiger partial charge in [0.25, 0.3) is 0 Å². The van der Waals surface area contributed by atoms with E-state index in [0.29, 0.717) is 19.8 Å². The highest BCUT2D eigenvalue weighted by atomic mass is 16.6. The fraction of sp³-hybridized carbons (Fsp3) is 0.591. The van der Waals surface area contributed by atoms with Crippen molar-refractivity contribution in [1.82, 2.24) is 0 Å². The first-order chi connectivity index (χ1) is 14.4. The number of aliphatic hydroxyl groups excluding tert-OH is 1. The van der Waals surface area contributed by atoms with Gasteiger partial charge in [0.15, 0.2) is 0 Å². The second kappa shape index (κ2) is 28.8. The summed E-state index contributed by atoms with van der Waals surface area (Å²) in [5.74, 6) is -1.22. The lowest BCUT2D eigenvalue weighted by molar-refractivity contribution is -0.139. The van der Waals surface area contributed by atoms with E-state index in [1.807, 2.05) is 0 Å². The molecule has 30 heavy (non-hydrogen) atoms. The maximum atomic E-state index is 10.5. The van der Waals surface area contributed by atoms with Crippen LogP contribution in [0.2, 0.25) is 0 Å². The van der Waals surface area contributed by atoms with Crippen molar-refractivity contribution in [3.8, 4) is 0 Å². The average molecular weight is 431 g/mol. The van der Waals surface area contributed by atoms with Crippen LogP contribution in [0.25, 0.3) is 0 Å². The van der Waals surface area contributed by atoms with Crippen LogP contribution in [0.4, 0.5) is 0 Å². The molecule has 174 valence electrons. The van der Waals surface area contributed by atoms with E-state index in [1.165, 1.54) is 6.08 Å². The molecule has 0 atom stereocenters. The number of hydrogen-bond acceptors (Lipinski definition) is 8. The molecule has 8 heteroatoms. The number of carbonyl (C=O) groups is 3. The third-order valence-electron chi connectivity index (χ3n) is 2.94. The van der Waals surface area contributed by atoms with Crippen LogP contribution in [0.1, 0.15) is 46.0 Å². The number of carbonyl (C=O) groups excluding carboxylic acids is 3. The molecule has 0 aromatic carbocycles. The van der Waals surface area contributed by atoms with Crippen LogP contribution in [0.5, 0.6) is 0 Å². The van der Waals surface area contributed by atoms with Crippen LogP contribution in [-0.2, 0) is 33.3 Å². The Labute approximate surface area is 180 Å². The maximum absolute atomic E-state index is 10.5. The quantitative estimate of drug-likeness (QED) is 0.183. The zero-order valence-electron chi connectivity index (χ0n) is 18.4. The largest absolute Gasteiger partial charge is 0.463 e. The van der Waals surface area contributed by atoms with Gasteiger partial charge in [0.2, 0.25) is 0 Å². The number of aliphatic hydroxyl groups is 1. The Morgan fingerprint density at radius 2 is 1.13 bits per heavy atom. The molecule has 8 nitrogen and oxygen atoms in total. The van der Waals surface area contributed by atoms with Crippen LogP contribution in [0.15, 0.2) is 38.0 Å². The SMILES string of the molecule is C=CC(=O)OCCCCC.C=CC(=O)OCCO.C=CC(=O)OCCOCCCC. The van der Waals surface area contributed by atoms with Crippen LogP contribution in [0, 0.1) is 0 Å². The molecule has 0 heterocycles. The van der Waals surface area contributed by atoms with Gasteiger partial charge >= 0.3 is 17.9 Å². The van der Waals surface area contributed by atoms with Crippen LogP contribution >= 0.6 is 0 Å². The molecule has 0 aliphatic carbocycles. The number of hydrogen-bond donors (Lipinski definition) is 1. The van der Waals surface area contributed by atoms with E-state index in [9.17, 15) is 14.4 Å². The monoisotopic (exact) mass is 430 g/mol. The standard InChI is InChI=1S/C9H16O3.C8H14O2.C5H8O3/c1-3-5-6-11-7-8-12-9(10)4-2;1-3-5-6-7-10-8(9)4-2;1-2-5(7)8-4-3-6/h4H,2-3,5-8H2,1H3;4H,2-3,5-7H2,1H3;2,6H,1,3-4H2. The highest BCUT2D eigenvalue weighted by Crippen LogP contribution is 1.94. The summed E-state index contributed by atoms with van der Waals surface area (Å²) in [6.45, 7) is 15.9. The Balaban J connectivity index is -0.000000372. The van der Waals surface area contributed by atoms with Gasteiger partial charge in [-0.3, -0.25) is 0 Å². The molecule has 0 bridgehead atoms. The minimum atomic E-state index is -0.501. The molecule has 0 fully saturated rings. The molecular weight excluding hydrogens is 392 g/mol. The number of unbranched alkanes of at least 4 members (excludes halogenated alkanes) is 3. The minimum absolute atomic E-state index is 0.0465. The van der Waals surface area contributed by atoms with Gasteiger partial charge in [-0.2, -0.15) is 0 Å². The van der Waals surface area contributed by atoms with Crippen molar-refractivity contribution in [2.75, 3.05) is 39.6 Å². The molecule has 0 unspecified atom stereocenters. The van der Waals surface area contributed by atoms with Crippen LogP contribution in [-0.4, -0.2) is 62.7 Å². The van der Waals surface area contributed by atoms with Gasteiger partial charge in [0, 0.05) is 24.8 Å². The van der Waals surface area contributed by atoms with Crippen molar-refractivity contribution < 1.29 is 38.4 Å². The highest BCUT2D eigenvalue weighted by Gasteiger charge is 1.94. The molecule has 0 saturated carbocycles. The first kappa shape index (κ1) is 32.2. The van der Waals surface area contributed by atoms with E-state index in [1.54, 1.807) is 0 Å². The summed E-state index contributed by atoms with van der Waals surface area (Å²) >= 11 is 0. The maximum Gasteiger partial charge on any atom is 0.330 e. The predicted octanol–water partition coefficient (Wildman–Crippen LogP) is 3.15. The van der Waals surface area contributed by atoms with Gasteiger partial charge < -0.3 is 24.1 Å². The third kappa shape index (κ3) is 33.2. The molecule has 0 aromatic heterocycles. The highest BCUT2D eigenvalue weighted by molar-refractivity contribution is 5.81. The first-order valence-electron chi connectivity index (χ1n) is 9.99. The fourth-order valence-electron chi connectivity index (χ4n) is 1.40. The van der Waals surface area contributed by atoms with Crippen molar-refractivity contribution in [2.24, 2.45) is 0 Å². The number of ether oxygens (including phenoxy) is 4. The van der Waals surface area contributed by atoms with E-state index >= 15 is 0 Å². The summed E-state index contributed by atoms with van der Waals surface area (Å²) in [5.41, 5.74) is 0. The van der Waals surface area contributed by atoms with Gasteiger partial charge in [-0.05, 0) is 12.8 Å². The lowest BCUT2D eigenvalue weighted by Crippen LogP contribution is -2.08. The topological polar surface area (TPSA) is 108 Å². The smallest absolute Gasteiger partial charge is 0.330 e. The Morgan fingerprint density at radius 3 is 1.57 bits per heavy atom. The molecule has 0 radical (unpaired) electrons. The Bertz CT molecular complexity index is 460. The summed E-state index contributed by atoms with van der Waals surface area (Å²) in [6.07, 6.45) is 8.77. The van der Waals surface area contributed by atoms with Gasteiger partial charge in [-0.1, -0.05) is 52.8 Å². The second-order valence-corrected chi connectivity index (χ2v) is 5.51. The van der Waals surface area contributed by atoms with Crippen molar-refractivity contribution >= 4 is 17.9 Å². The summed E-state index contributed by atoms with van der Waals surface area (Å²) in [7, 11) is 0. The van der Waals surface area contributed by atoms with Crippen molar-refractivity contribution in [3.63, 3.8) is 0 Å².